The molecule has 0 heterocycles. The Hall–Kier alpha value is -2.57. The van der Waals surface area contributed by atoms with Gasteiger partial charge in [-0.15, -0.1) is 0 Å². The highest BCUT2D eigenvalue weighted by molar-refractivity contribution is 5.94. The van der Waals surface area contributed by atoms with E-state index in [0.717, 1.165) is 4.90 Å². The van der Waals surface area contributed by atoms with E-state index in [1.807, 2.05) is 0 Å². The van der Waals surface area contributed by atoms with E-state index >= 15 is 0 Å². The summed E-state index contributed by atoms with van der Waals surface area (Å²) in [5, 5.41) is 14.3. The molecule has 1 aromatic rings. The zero-order chi connectivity index (χ0) is 16.2. The Kier molecular flexibility index (Phi) is 4.91. The lowest BCUT2D eigenvalue weighted by Gasteiger charge is -2.31. The normalized spacial score (nSPS) is 10.7. The van der Waals surface area contributed by atoms with Crippen LogP contribution in [0, 0.1) is 0 Å². The van der Waals surface area contributed by atoms with E-state index in [0.29, 0.717) is 11.4 Å². The molecule has 21 heavy (non-hydrogen) atoms. The molecule has 1 rings (SSSR count). The van der Waals surface area contributed by atoms with Gasteiger partial charge in [0.2, 0.25) is 5.91 Å². The van der Waals surface area contributed by atoms with Crippen LogP contribution < -0.4 is 10.6 Å². The lowest BCUT2D eigenvalue weighted by Crippen LogP contribution is -2.52. The molecule has 0 saturated heterocycles. The molecule has 0 radical (unpaired) electrons. The molecular formula is C14H19N3O4. The van der Waals surface area contributed by atoms with Gasteiger partial charge in [-0.05, 0) is 38.1 Å². The van der Waals surface area contributed by atoms with Crippen LogP contribution in [0.4, 0.5) is 16.2 Å². The fourth-order valence-corrected chi connectivity index (χ4v) is 1.44. The molecular weight excluding hydrogens is 274 g/mol. The summed E-state index contributed by atoms with van der Waals surface area (Å²) in [6.45, 7) is 4.28. The Labute approximate surface area is 122 Å². The van der Waals surface area contributed by atoms with Crippen molar-refractivity contribution in [3.05, 3.63) is 24.3 Å². The molecule has 114 valence electrons. The number of urea groups is 1. The van der Waals surface area contributed by atoms with Crippen LogP contribution in [0.1, 0.15) is 20.8 Å². The molecule has 7 nitrogen and oxygen atoms in total. The highest BCUT2D eigenvalue weighted by Crippen LogP contribution is 2.17. The summed E-state index contributed by atoms with van der Waals surface area (Å²) in [5.74, 6) is -1.28. The van der Waals surface area contributed by atoms with Crippen LogP contribution in [-0.2, 0) is 9.59 Å². The van der Waals surface area contributed by atoms with E-state index in [9.17, 15) is 14.4 Å². The summed E-state index contributed by atoms with van der Waals surface area (Å²) < 4.78 is 0. The van der Waals surface area contributed by atoms with Gasteiger partial charge >= 0.3 is 12.0 Å². The number of amides is 3. The van der Waals surface area contributed by atoms with Gasteiger partial charge in [0.1, 0.15) is 5.54 Å². The van der Waals surface area contributed by atoms with E-state index < -0.39 is 17.5 Å². The summed E-state index contributed by atoms with van der Waals surface area (Å²) in [7, 11) is 1.41. The number of rotatable bonds is 4. The van der Waals surface area contributed by atoms with Crippen LogP contribution >= 0.6 is 0 Å². The predicted octanol–water partition coefficient (Wildman–Crippen LogP) is 1.97. The third-order valence-corrected chi connectivity index (χ3v) is 3.12. The first-order chi connectivity index (χ1) is 9.64. The summed E-state index contributed by atoms with van der Waals surface area (Å²) in [6.07, 6.45) is 0. The minimum atomic E-state index is -1.32. The van der Waals surface area contributed by atoms with E-state index in [2.05, 4.69) is 10.6 Å². The van der Waals surface area contributed by atoms with Crippen molar-refractivity contribution >= 4 is 29.3 Å². The number of aliphatic carboxylic acids is 1. The highest BCUT2D eigenvalue weighted by Gasteiger charge is 2.35. The van der Waals surface area contributed by atoms with E-state index in [-0.39, 0.29) is 5.91 Å². The lowest BCUT2D eigenvalue weighted by atomic mass is 10.1. The maximum atomic E-state index is 12.0. The number of nitrogens with one attached hydrogen (secondary N) is 2. The minimum absolute atomic E-state index is 0.185. The smallest absolute Gasteiger partial charge is 0.329 e. The van der Waals surface area contributed by atoms with Gasteiger partial charge in [-0.25, -0.2) is 9.59 Å². The number of carboxylic acids is 1. The number of likely N-dealkylation sites (N-methyl/N-ethyl adjacent to an activating group) is 1. The predicted molar refractivity (Wildman–Crippen MR) is 79.2 cm³/mol. The largest absolute Gasteiger partial charge is 0.480 e. The van der Waals surface area contributed by atoms with Gasteiger partial charge in [0, 0.05) is 25.3 Å². The molecule has 0 unspecified atom stereocenters. The molecule has 0 aromatic heterocycles. The first kappa shape index (κ1) is 16.5. The van der Waals surface area contributed by atoms with Crippen molar-refractivity contribution in [3.8, 4) is 0 Å². The Morgan fingerprint density at radius 1 is 1.05 bits per heavy atom. The standard InChI is InChI=1S/C14H19N3O4/c1-9(18)15-10-5-7-11(8-6-10)16-13(21)17(4)14(2,3)12(19)20/h5-8H,1-4H3,(H,15,18)(H,16,21)(H,19,20). The molecule has 1 aromatic carbocycles. The van der Waals surface area contributed by atoms with Crippen molar-refractivity contribution in [2.45, 2.75) is 26.3 Å². The third-order valence-electron chi connectivity index (χ3n) is 3.12. The van der Waals surface area contributed by atoms with Crippen molar-refractivity contribution in [1.82, 2.24) is 4.90 Å². The second-order valence-electron chi connectivity index (χ2n) is 5.11. The quantitative estimate of drug-likeness (QED) is 0.790. The average Bonchev–Trinajstić information content (AvgIpc) is 2.39. The first-order valence-electron chi connectivity index (χ1n) is 6.30. The van der Waals surface area contributed by atoms with Crippen molar-refractivity contribution in [3.63, 3.8) is 0 Å². The van der Waals surface area contributed by atoms with E-state index in [1.165, 1.54) is 27.8 Å². The van der Waals surface area contributed by atoms with E-state index in [1.54, 1.807) is 24.3 Å². The molecule has 0 saturated carbocycles. The maximum absolute atomic E-state index is 12.0. The van der Waals surface area contributed by atoms with Crippen LogP contribution in [0.3, 0.4) is 0 Å². The molecule has 3 amide bonds. The van der Waals surface area contributed by atoms with Crippen LogP contribution in [0.2, 0.25) is 0 Å². The number of nitrogens with zero attached hydrogens (tertiary/aromatic N) is 1. The molecule has 0 aliphatic carbocycles. The topological polar surface area (TPSA) is 98.7 Å². The van der Waals surface area contributed by atoms with Gasteiger partial charge in [0.25, 0.3) is 0 Å². The number of benzene rings is 1. The molecule has 0 aliphatic rings. The van der Waals surface area contributed by atoms with Crippen molar-refractivity contribution < 1.29 is 19.5 Å². The van der Waals surface area contributed by atoms with Gasteiger partial charge in [0.15, 0.2) is 0 Å². The van der Waals surface area contributed by atoms with Crippen LogP contribution in [-0.4, -0.2) is 40.5 Å². The molecule has 0 aliphatic heterocycles. The van der Waals surface area contributed by atoms with Crippen LogP contribution in [0.25, 0.3) is 0 Å². The second-order valence-corrected chi connectivity index (χ2v) is 5.11. The summed E-state index contributed by atoms with van der Waals surface area (Å²) in [5.41, 5.74) is -0.206. The summed E-state index contributed by atoms with van der Waals surface area (Å²) in [6, 6.07) is 5.98. The SMILES string of the molecule is CC(=O)Nc1ccc(NC(=O)N(C)C(C)(C)C(=O)O)cc1. The van der Waals surface area contributed by atoms with Gasteiger partial charge in [-0.3, -0.25) is 4.79 Å². The lowest BCUT2D eigenvalue weighted by molar-refractivity contribution is -0.146. The number of hydrogen-bond donors (Lipinski definition) is 3. The molecule has 7 heteroatoms. The molecule has 0 spiro atoms. The minimum Gasteiger partial charge on any atom is -0.480 e. The van der Waals surface area contributed by atoms with E-state index in [4.69, 9.17) is 5.11 Å². The summed E-state index contributed by atoms with van der Waals surface area (Å²) in [4.78, 5) is 35.1. The Bertz CT molecular complexity index is 552. The molecule has 3 N–H and O–H groups in total. The van der Waals surface area contributed by atoms with Crippen molar-refractivity contribution in [2.24, 2.45) is 0 Å². The first-order valence-corrected chi connectivity index (χ1v) is 6.30. The van der Waals surface area contributed by atoms with Crippen molar-refractivity contribution in [1.29, 1.82) is 0 Å². The zero-order valence-electron chi connectivity index (χ0n) is 12.4. The number of carbonyl (C=O) groups is 3. The van der Waals surface area contributed by atoms with Crippen molar-refractivity contribution in [2.75, 3.05) is 17.7 Å². The maximum Gasteiger partial charge on any atom is 0.329 e. The fourth-order valence-electron chi connectivity index (χ4n) is 1.44. The fraction of sp³-hybridized carbons (Fsp3) is 0.357. The molecule has 0 fully saturated rings. The second kappa shape index (κ2) is 6.25. The zero-order valence-corrected chi connectivity index (χ0v) is 12.4. The Balaban J connectivity index is 2.75. The van der Waals surface area contributed by atoms with Crippen LogP contribution in [0.5, 0.6) is 0 Å². The number of carbonyl (C=O) groups excluding carboxylic acids is 2. The third kappa shape index (κ3) is 4.20. The van der Waals surface area contributed by atoms with Gasteiger partial charge < -0.3 is 20.6 Å². The number of carboxylic acid groups (broad SMARTS) is 1. The monoisotopic (exact) mass is 293 g/mol. The van der Waals surface area contributed by atoms with Crippen LogP contribution in [0.15, 0.2) is 24.3 Å². The van der Waals surface area contributed by atoms with Gasteiger partial charge in [-0.2, -0.15) is 0 Å². The van der Waals surface area contributed by atoms with Gasteiger partial charge in [0.05, 0.1) is 0 Å². The average molecular weight is 293 g/mol. The highest BCUT2D eigenvalue weighted by atomic mass is 16.4. The number of anilines is 2. The summed E-state index contributed by atoms with van der Waals surface area (Å²) >= 11 is 0. The number of hydrogen-bond acceptors (Lipinski definition) is 3. The Morgan fingerprint density at radius 3 is 1.86 bits per heavy atom. The molecule has 0 atom stereocenters. The molecule has 0 bridgehead atoms. The Morgan fingerprint density at radius 2 is 1.48 bits per heavy atom. The van der Waals surface area contributed by atoms with Gasteiger partial charge in [-0.1, -0.05) is 0 Å².